The first-order valence-electron chi connectivity index (χ1n) is 4.37. The first-order valence-corrected chi connectivity index (χ1v) is 4.37. The van der Waals surface area contributed by atoms with Crippen LogP contribution in [0.15, 0.2) is 0 Å². The highest BCUT2D eigenvalue weighted by atomic mass is 16.5. The number of nitrogens with two attached hydrogens (primary N) is 1. The minimum atomic E-state index is -1.01. The Morgan fingerprint density at radius 1 is 1.69 bits per heavy atom. The summed E-state index contributed by atoms with van der Waals surface area (Å²) in [5.74, 6) is -0.315. The number of carbonyl (C=O) groups is 2. The molecule has 0 amide bonds. The number of Topliss-reactive ketones (excluding diaryl/α,β-unsaturated/α-hetero) is 1. The lowest BCUT2D eigenvalue weighted by molar-refractivity contribution is -0.148. The molecule has 2 atom stereocenters. The van der Waals surface area contributed by atoms with Gasteiger partial charge in [0.05, 0.1) is 7.11 Å². The second-order valence-corrected chi connectivity index (χ2v) is 3.75. The van der Waals surface area contributed by atoms with Crippen LogP contribution in [0.1, 0.15) is 26.2 Å². The Morgan fingerprint density at radius 2 is 2.31 bits per heavy atom. The maximum Gasteiger partial charge on any atom is 0.325 e. The largest absolute Gasteiger partial charge is 0.468 e. The second kappa shape index (κ2) is 3.46. The number of methoxy groups -OCH3 is 1. The smallest absolute Gasteiger partial charge is 0.325 e. The number of esters is 1. The van der Waals surface area contributed by atoms with Gasteiger partial charge < -0.3 is 10.5 Å². The lowest BCUT2D eigenvalue weighted by Crippen LogP contribution is -2.51. The van der Waals surface area contributed by atoms with Gasteiger partial charge >= 0.3 is 5.97 Å². The van der Waals surface area contributed by atoms with Crippen LogP contribution in [0.2, 0.25) is 0 Å². The topological polar surface area (TPSA) is 69.4 Å². The van der Waals surface area contributed by atoms with Crippen molar-refractivity contribution in [3.63, 3.8) is 0 Å². The van der Waals surface area contributed by atoms with Crippen molar-refractivity contribution in [3.05, 3.63) is 0 Å². The summed E-state index contributed by atoms with van der Waals surface area (Å²) in [5.41, 5.74) is 4.80. The summed E-state index contributed by atoms with van der Waals surface area (Å²) < 4.78 is 4.59. The van der Waals surface area contributed by atoms with Crippen LogP contribution < -0.4 is 5.73 Å². The molecule has 2 unspecified atom stereocenters. The van der Waals surface area contributed by atoms with Crippen molar-refractivity contribution in [2.75, 3.05) is 7.11 Å². The van der Waals surface area contributed by atoms with Gasteiger partial charge in [0.1, 0.15) is 11.3 Å². The van der Waals surface area contributed by atoms with Crippen LogP contribution in [0.5, 0.6) is 0 Å². The minimum Gasteiger partial charge on any atom is -0.468 e. The minimum absolute atomic E-state index is 0.0625. The molecule has 4 nitrogen and oxygen atoms in total. The summed E-state index contributed by atoms with van der Waals surface area (Å²) in [6, 6.07) is 0. The highest BCUT2D eigenvalue weighted by Gasteiger charge is 2.42. The highest BCUT2D eigenvalue weighted by Crippen LogP contribution is 2.31. The molecule has 1 fully saturated rings. The SMILES string of the molecule is COC(=O)C(C)(N)C1CCC(=O)C1. The molecule has 0 aromatic rings. The summed E-state index contributed by atoms with van der Waals surface area (Å²) in [5, 5.41) is 0. The Bertz CT molecular complexity index is 235. The molecule has 1 aliphatic rings. The van der Waals surface area contributed by atoms with Gasteiger partial charge in [0.2, 0.25) is 0 Å². The predicted molar refractivity (Wildman–Crippen MR) is 47.0 cm³/mol. The molecule has 1 saturated carbocycles. The van der Waals surface area contributed by atoms with Crippen molar-refractivity contribution < 1.29 is 14.3 Å². The molecular formula is C9H15NO3. The van der Waals surface area contributed by atoms with Crippen molar-refractivity contribution >= 4 is 11.8 Å². The predicted octanol–water partition coefficient (Wildman–Crippen LogP) is 0.246. The molecule has 0 aromatic carbocycles. The van der Waals surface area contributed by atoms with E-state index in [4.69, 9.17) is 5.73 Å². The van der Waals surface area contributed by atoms with Crippen molar-refractivity contribution in [3.8, 4) is 0 Å². The molecule has 74 valence electrons. The fourth-order valence-electron chi connectivity index (χ4n) is 1.71. The monoisotopic (exact) mass is 185 g/mol. The van der Waals surface area contributed by atoms with Gasteiger partial charge in [0.15, 0.2) is 0 Å². The van der Waals surface area contributed by atoms with E-state index in [0.29, 0.717) is 19.3 Å². The van der Waals surface area contributed by atoms with E-state index < -0.39 is 11.5 Å². The number of carbonyl (C=O) groups excluding carboxylic acids is 2. The average Bonchev–Trinajstić information content (AvgIpc) is 2.50. The van der Waals surface area contributed by atoms with E-state index in [1.54, 1.807) is 6.92 Å². The van der Waals surface area contributed by atoms with E-state index in [2.05, 4.69) is 4.74 Å². The fourth-order valence-corrected chi connectivity index (χ4v) is 1.71. The zero-order valence-corrected chi connectivity index (χ0v) is 8.00. The van der Waals surface area contributed by atoms with Gasteiger partial charge in [-0.15, -0.1) is 0 Å². The summed E-state index contributed by atoms with van der Waals surface area (Å²) >= 11 is 0. The Kier molecular flexibility index (Phi) is 2.71. The molecule has 2 N–H and O–H groups in total. The van der Waals surface area contributed by atoms with Crippen molar-refractivity contribution in [1.29, 1.82) is 0 Å². The Hall–Kier alpha value is -0.900. The van der Waals surface area contributed by atoms with Gasteiger partial charge in [-0.1, -0.05) is 0 Å². The third-order valence-electron chi connectivity index (χ3n) is 2.72. The van der Waals surface area contributed by atoms with Gasteiger partial charge in [-0.25, -0.2) is 0 Å². The van der Waals surface area contributed by atoms with Crippen molar-refractivity contribution in [2.45, 2.75) is 31.7 Å². The van der Waals surface area contributed by atoms with E-state index in [1.165, 1.54) is 7.11 Å². The van der Waals surface area contributed by atoms with Crippen LogP contribution in [0.4, 0.5) is 0 Å². The third-order valence-corrected chi connectivity index (χ3v) is 2.72. The van der Waals surface area contributed by atoms with Crippen molar-refractivity contribution in [2.24, 2.45) is 11.7 Å². The first kappa shape index (κ1) is 10.2. The van der Waals surface area contributed by atoms with E-state index in [9.17, 15) is 9.59 Å². The second-order valence-electron chi connectivity index (χ2n) is 3.75. The van der Waals surface area contributed by atoms with E-state index >= 15 is 0 Å². The molecule has 0 bridgehead atoms. The van der Waals surface area contributed by atoms with Crippen molar-refractivity contribution in [1.82, 2.24) is 0 Å². The summed E-state index contributed by atoms with van der Waals surface area (Å²) in [6.45, 7) is 1.63. The quantitative estimate of drug-likeness (QED) is 0.626. The van der Waals surface area contributed by atoms with E-state index in [0.717, 1.165) is 0 Å². The van der Waals surface area contributed by atoms with E-state index in [1.807, 2.05) is 0 Å². The fraction of sp³-hybridized carbons (Fsp3) is 0.778. The Labute approximate surface area is 77.4 Å². The number of hydrogen-bond acceptors (Lipinski definition) is 4. The van der Waals surface area contributed by atoms with Gasteiger partial charge in [-0.05, 0) is 19.3 Å². The average molecular weight is 185 g/mol. The van der Waals surface area contributed by atoms with Crippen LogP contribution in [-0.2, 0) is 14.3 Å². The van der Waals surface area contributed by atoms with Gasteiger partial charge in [0, 0.05) is 12.8 Å². The van der Waals surface area contributed by atoms with Crippen LogP contribution in [0.25, 0.3) is 0 Å². The summed E-state index contributed by atoms with van der Waals surface area (Å²) in [4.78, 5) is 22.3. The molecule has 0 heterocycles. The Balaban J connectivity index is 2.69. The maximum atomic E-state index is 11.3. The maximum absolute atomic E-state index is 11.3. The summed E-state index contributed by atoms with van der Waals surface area (Å²) in [7, 11) is 1.31. The van der Waals surface area contributed by atoms with Gasteiger partial charge in [-0.2, -0.15) is 0 Å². The van der Waals surface area contributed by atoms with E-state index in [-0.39, 0.29) is 11.7 Å². The number of hydrogen-bond donors (Lipinski definition) is 1. The summed E-state index contributed by atoms with van der Waals surface area (Å²) in [6.07, 6.45) is 1.64. The van der Waals surface area contributed by atoms with Gasteiger partial charge in [-0.3, -0.25) is 9.59 Å². The lowest BCUT2D eigenvalue weighted by atomic mass is 9.85. The van der Waals surface area contributed by atoms with Gasteiger partial charge in [0.25, 0.3) is 0 Å². The lowest BCUT2D eigenvalue weighted by Gasteiger charge is -2.27. The molecule has 0 aromatic heterocycles. The molecular weight excluding hydrogens is 170 g/mol. The molecule has 0 spiro atoms. The number of ether oxygens (including phenoxy) is 1. The Morgan fingerprint density at radius 3 is 2.69 bits per heavy atom. The molecule has 1 rings (SSSR count). The first-order chi connectivity index (χ1) is 5.98. The van der Waals surface area contributed by atoms with Crippen LogP contribution in [0, 0.1) is 5.92 Å². The number of ketones is 1. The third kappa shape index (κ3) is 1.88. The molecule has 13 heavy (non-hydrogen) atoms. The standard InChI is InChI=1S/C9H15NO3/c1-9(10,8(12)13-2)6-3-4-7(11)5-6/h6H,3-5,10H2,1-2H3. The number of rotatable bonds is 2. The normalized spacial score (nSPS) is 27.0. The zero-order chi connectivity index (χ0) is 10.1. The molecule has 1 aliphatic carbocycles. The molecule has 0 aliphatic heterocycles. The molecule has 0 saturated heterocycles. The molecule has 4 heteroatoms. The van der Waals surface area contributed by atoms with Crippen LogP contribution >= 0.6 is 0 Å². The van der Waals surface area contributed by atoms with Crippen LogP contribution in [0.3, 0.4) is 0 Å². The highest BCUT2D eigenvalue weighted by molar-refractivity contribution is 5.85. The zero-order valence-electron chi connectivity index (χ0n) is 8.00. The van der Waals surface area contributed by atoms with Crippen LogP contribution in [-0.4, -0.2) is 24.4 Å². The molecule has 0 radical (unpaired) electrons.